The molecule has 1 atom stereocenters. The van der Waals surface area contributed by atoms with Gasteiger partial charge in [-0.1, -0.05) is 29.5 Å². The first-order chi connectivity index (χ1) is 16.3. The molecule has 0 saturated carbocycles. The van der Waals surface area contributed by atoms with Crippen molar-refractivity contribution in [2.24, 2.45) is 4.99 Å². The van der Waals surface area contributed by atoms with Crippen LogP contribution in [-0.2, 0) is 4.79 Å². The van der Waals surface area contributed by atoms with Crippen molar-refractivity contribution >= 4 is 61.8 Å². The number of para-hydroxylation sites is 1. The monoisotopic (exact) mass is 655 g/mol. The van der Waals surface area contributed by atoms with Crippen LogP contribution in [-0.4, -0.2) is 35.6 Å². The van der Waals surface area contributed by atoms with Crippen LogP contribution in [0.15, 0.2) is 60.3 Å². The summed E-state index contributed by atoms with van der Waals surface area (Å²) in [6.45, 7) is 6.81. The summed E-state index contributed by atoms with van der Waals surface area (Å²) in [5.74, 6) is 1.03. The second-order valence-electron chi connectivity index (χ2n) is 7.57. The van der Waals surface area contributed by atoms with Crippen LogP contribution in [0.2, 0.25) is 0 Å². The number of furan rings is 1. The fraction of sp³-hybridized carbons (Fsp3) is 0.292. The van der Waals surface area contributed by atoms with Crippen LogP contribution in [0, 0.1) is 3.77 Å². The quantitative estimate of drug-likeness (QED) is 0.375. The van der Waals surface area contributed by atoms with Gasteiger partial charge in [0.05, 0.1) is 27.4 Å². The summed E-state index contributed by atoms with van der Waals surface area (Å²) in [5.41, 5.74) is 1.57. The molecule has 1 amide bonds. The standard InChI is InChI=1S/C24H23BrIN3O4S/c1-5-28(6-2)23(31)19-13(3)27-24-29(20(19)15-9-7-8-10-17(15)32-4)22(30)18(34-24)12-14-11-16(25)21(26)33-14/h7-12,20H,5-6H2,1-4H3/b18-12+/t20-/m1/s1. The second-order valence-corrected chi connectivity index (χ2v) is 10.4. The van der Waals surface area contributed by atoms with Crippen LogP contribution in [0.5, 0.6) is 5.75 Å². The Morgan fingerprint density at radius 1 is 1.35 bits per heavy atom. The molecule has 10 heteroatoms. The van der Waals surface area contributed by atoms with E-state index in [-0.39, 0.29) is 11.5 Å². The van der Waals surface area contributed by atoms with Crippen LogP contribution in [0.25, 0.3) is 6.08 Å². The van der Waals surface area contributed by atoms with Crippen LogP contribution in [0.4, 0.5) is 0 Å². The molecule has 0 spiro atoms. The number of fused-ring (bicyclic) bond motifs is 1. The van der Waals surface area contributed by atoms with Crippen LogP contribution < -0.4 is 19.6 Å². The number of aromatic nitrogens is 1. The molecular weight excluding hydrogens is 633 g/mol. The van der Waals surface area contributed by atoms with Gasteiger partial charge in [-0.05, 0) is 48.8 Å². The Hall–Kier alpha value is -2.18. The average molecular weight is 656 g/mol. The molecule has 1 aliphatic heterocycles. The van der Waals surface area contributed by atoms with Crippen molar-refractivity contribution in [3.63, 3.8) is 0 Å². The highest BCUT2D eigenvalue weighted by Crippen LogP contribution is 2.36. The number of thiazole rings is 1. The zero-order valence-corrected chi connectivity index (χ0v) is 23.7. The number of carbonyl (C=O) groups is 1. The summed E-state index contributed by atoms with van der Waals surface area (Å²) in [5, 5.41) is 0. The number of carbonyl (C=O) groups excluding carboxylic acids is 1. The molecule has 0 unspecified atom stereocenters. The minimum absolute atomic E-state index is 0.138. The van der Waals surface area contributed by atoms with Crippen LogP contribution in [0.1, 0.15) is 38.1 Å². The minimum atomic E-state index is -0.661. The van der Waals surface area contributed by atoms with Gasteiger partial charge in [0.15, 0.2) is 8.57 Å². The molecular formula is C24H23BrIN3O4S. The molecule has 0 radical (unpaired) electrons. The highest BCUT2D eigenvalue weighted by atomic mass is 127. The maximum Gasteiger partial charge on any atom is 0.271 e. The van der Waals surface area contributed by atoms with Crippen molar-refractivity contribution in [3.8, 4) is 5.75 Å². The van der Waals surface area contributed by atoms with E-state index in [1.165, 1.54) is 11.3 Å². The van der Waals surface area contributed by atoms with E-state index in [0.29, 0.717) is 49.0 Å². The molecule has 0 aliphatic carbocycles. The van der Waals surface area contributed by atoms with Gasteiger partial charge in [0, 0.05) is 47.3 Å². The lowest BCUT2D eigenvalue weighted by Gasteiger charge is -2.29. The number of methoxy groups -OCH3 is 1. The zero-order chi connectivity index (χ0) is 24.6. The number of ether oxygens (including phenoxy) is 1. The van der Waals surface area contributed by atoms with E-state index in [1.807, 2.05) is 51.1 Å². The lowest BCUT2D eigenvalue weighted by Crippen LogP contribution is -2.43. The van der Waals surface area contributed by atoms with Crippen LogP contribution >= 0.6 is 49.9 Å². The number of likely N-dealkylation sites (N-methyl/N-ethyl adjacent to an activating group) is 1. The Balaban J connectivity index is 2.00. The molecule has 34 heavy (non-hydrogen) atoms. The highest BCUT2D eigenvalue weighted by Gasteiger charge is 2.35. The number of halogens is 2. The molecule has 2 aromatic heterocycles. The molecule has 0 N–H and O–H groups in total. The van der Waals surface area contributed by atoms with E-state index in [4.69, 9.17) is 9.15 Å². The van der Waals surface area contributed by atoms with Crippen molar-refractivity contribution < 1.29 is 13.9 Å². The summed E-state index contributed by atoms with van der Waals surface area (Å²) < 4.78 is 14.9. The molecule has 0 fully saturated rings. The highest BCUT2D eigenvalue weighted by molar-refractivity contribution is 14.1. The third-order valence-electron chi connectivity index (χ3n) is 5.67. The van der Waals surface area contributed by atoms with Gasteiger partial charge < -0.3 is 14.1 Å². The van der Waals surface area contributed by atoms with Crippen molar-refractivity contribution in [1.82, 2.24) is 9.47 Å². The smallest absolute Gasteiger partial charge is 0.271 e. The van der Waals surface area contributed by atoms with E-state index in [9.17, 15) is 9.59 Å². The van der Waals surface area contributed by atoms with Gasteiger partial charge in [-0.2, -0.15) is 0 Å². The summed E-state index contributed by atoms with van der Waals surface area (Å²) >= 11 is 6.79. The summed E-state index contributed by atoms with van der Waals surface area (Å²) in [4.78, 5) is 34.3. The first-order valence-electron chi connectivity index (χ1n) is 10.7. The SMILES string of the molecule is CCN(CC)C(=O)C1=C(C)N=c2s/c(=C/c3cc(Br)c(I)o3)c(=O)n2[C@@H]1c1ccccc1OC. The molecule has 3 heterocycles. The van der Waals surface area contributed by atoms with Gasteiger partial charge in [0.2, 0.25) is 0 Å². The molecule has 3 aromatic rings. The molecule has 0 bridgehead atoms. The summed E-state index contributed by atoms with van der Waals surface area (Å²) in [6.07, 6.45) is 1.71. The number of rotatable bonds is 6. The van der Waals surface area contributed by atoms with E-state index in [1.54, 1.807) is 22.7 Å². The van der Waals surface area contributed by atoms with Gasteiger partial charge in [0.1, 0.15) is 17.6 Å². The third-order valence-corrected chi connectivity index (χ3v) is 8.79. The number of amides is 1. The number of hydrogen-bond donors (Lipinski definition) is 0. The van der Waals surface area contributed by atoms with Gasteiger partial charge in [-0.15, -0.1) is 0 Å². The summed E-state index contributed by atoms with van der Waals surface area (Å²) in [7, 11) is 1.58. The predicted octanol–water partition coefficient (Wildman–Crippen LogP) is 4.07. The first kappa shape index (κ1) is 24.9. The Labute approximate surface area is 222 Å². The fourth-order valence-corrected chi connectivity index (χ4v) is 5.77. The lowest BCUT2D eigenvalue weighted by molar-refractivity contribution is -0.127. The van der Waals surface area contributed by atoms with E-state index < -0.39 is 6.04 Å². The molecule has 7 nitrogen and oxygen atoms in total. The minimum Gasteiger partial charge on any atom is -0.496 e. The Bertz CT molecular complexity index is 1450. The molecule has 0 saturated heterocycles. The maximum absolute atomic E-state index is 13.7. The number of hydrogen-bond acceptors (Lipinski definition) is 6. The van der Waals surface area contributed by atoms with Crippen molar-refractivity contribution in [3.05, 3.63) is 80.9 Å². The van der Waals surface area contributed by atoms with E-state index >= 15 is 0 Å². The number of nitrogens with zero attached hydrogens (tertiary/aromatic N) is 3. The Morgan fingerprint density at radius 3 is 2.68 bits per heavy atom. The zero-order valence-electron chi connectivity index (χ0n) is 19.1. The predicted molar refractivity (Wildman–Crippen MR) is 144 cm³/mol. The first-order valence-corrected chi connectivity index (χ1v) is 13.4. The van der Waals surface area contributed by atoms with Crippen LogP contribution in [0.3, 0.4) is 0 Å². The Morgan fingerprint density at radius 2 is 2.06 bits per heavy atom. The van der Waals surface area contributed by atoms with E-state index in [2.05, 4.69) is 43.5 Å². The van der Waals surface area contributed by atoms with Gasteiger partial charge >= 0.3 is 0 Å². The molecule has 178 valence electrons. The fourth-order valence-electron chi connectivity index (χ4n) is 4.03. The van der Waals surface area contributed by atoms with E-state index in [0.717, 1.165) is 10.0 Å². The second kappa shape index (κ2) is 10.2. The topological polar surface area (TPSA) is 77.0 Å². The van der Waals surface area contributed by atoms with Crippen molar-refractivity contribution in [2.75, 3.05) is 20.2 Å². The van der Waals surface area contributed by atoms with Gasteiger partial charge in [-0.25, -0.2) is 4.99 Å². The largest absolute Gasteiger partial charge is 0.496 e. The molecule has 1 aliphatic rings. The van der Waals surface area contributed by atoms with Gasteiger partial charge in [-0.3, -0.25) is 14.2 Å². The van der Waals surface area contributed by atoms with Crippen molar-refractivity contribution in [2.45, 2.75) is 26.8 Å². The average Bonchev–Trinajstić information content (AvgIpc) is 3.30. The third kappa shape index (κ3) is 4.42. The maximum atomic E-state index is 13.7. The normalized spacial score (nSPS) is 15.8. The molecule has 1 aromatic carbocycles. The Kier molecular flexibility index (Phi) is 7.48. The molecule has 4 rings (SSSR count). The van der Waals surface area contributed by atoms with Gasteiger partial charge in [0.25, 0.3) is 11.5 Å². The number of allylic oxidation sites excluding steroid dienone is 1. The lowest BCUT2D eigenvalue weighted by atomic mass is 9.94. The number of benzene rings is 1. The van der Waals surface area contributed by atoms with Crippen molar-refractivity contribution in [1.29, 1.82) is 0 Å². The summed E-state index contributed by atoms with van der Waals surface area (Å²) in [6, 6.07) is 8.63.